The molecule has 0 heterocycles. The normalized spacial score (nSPS) is 12.0. The van der Waals surface area contributed by atoms with E-state index in [1.807, 2.05) is 0 Å². The summed E-state index contributed by atoms with van der Waals surface area (Å²) in [5.74, 6) is -0.654. The summed E-state index contributed by atoms with van der Waals surface area (Å²) in [5, 5.41) is 8.68. The molecule has 0 bridgehead atoms. The van der Waals surface area contributed by atoms with Crippen LogP contribution in [0.15, 0.2) is 0 Å². The predicted molar refractivity (Wildman–Crippen MR) is 177 cm³/mol. The van der Waals surface area contributed by atoms with Gasteiger partial charge in [0.25, 0.3) is 0 Å². The van der Waals surface area contributed by atoms with Gasteiger partial charge < -0.3 is 9.84 Å². The largest absolute Gasteiger partial charge is 0.481 e. The summed E-state index contributed by atoms with van der Waals surface area (Å²) in [5.41, 5.74) is 0. The van der Waals surface area contributed by atoms with Gasteiger partial charge in [-0.2, -0.15) is 0 Å². The molecule has 0 spiro atoms. The molecule has 0 aromatic heterocycles. The number of unbranched alkanes of at least 4 members (excludes halogenated alkanes) is 25. The fourth-order valence-electron chi connectivity index (χ4n) is 5.82. The minimum Gasteiger partial charge on any atom is -0.481 e. The monoisotopic (exact) mass is 581 g/mol. The Morgan fingerprint density at radius 2 is 0.756 bits per heavy atom. The van der Waals surface area contributed by atoms with E-state index in [9.17, 15) is 9.59 Å². The van der Waals surface area contributed by atoms with Gasteiger partial charge in [0.1, 0.15) is 6.10 Å². The van der Waals surface area contributed by atoms with Crippen molar-refractivity contribution in [2.24, 2.45) is 0 Å². The van der Waals surface area contributed by atoms with Crippen LogP contribution in [-0.4, -0.2) is 23.1 Å². The van der Waals surface area contributed by atoms with E-state index >= 15 is 0 Å². The van der Waals surface area contributed by atoms with E-state index in [2.05, 4.69) is 13.8 Å². The molecule has 0 fully saturated rings. The maximum absolute atomic E-state index is 12.4. The van der Waals surface area contributed by atoms with Crippen molar-refractivity contribution in [1.29, 1.82) is 0 Å². The molecule has 0 radical (unpaired) electrons. The van der Waals surface area contributed by atoms with Crippen LogP contribution < -0.4 is 0 Å². The van der Waals surface area contributed by atoms with E-state index in [4.69, 9.17) is 9.84 Å². The van der Waals surface area contributed by atoms with Crippen LogP contribution in [0.5, 0.6) is 0 Å². The highest BCUT2D eigenvalue weighted by Crippen LogP contribution is 2.18. The van der Waals surface area contributed by atoms with Crippen molar-refractivity contribution in [3.63, 3.8) is 0 Å². The van der Waals surface area contributed by atoms with Crippen LogP contribution in [0, 0.1) is 0 Å². The van der Waals surface area contributed by atoms with Crippen LogP contribution in [0.2, 0.25) is 0 Å². The summed E-state index contributed by atoms with van der Waals surface area (Å²) in [6, 6.07) is 0. The van der Waals surface area contributed by atoms with E-state index in [0.29, 0.717) is 12.8 Å². The zero-order chi connectivity index (χ0) is 30.1. The first-order valence-electron chi connectivity index (χ1n) is 18.5. The lowest BCUT2D eigenvalue weighted by molar-refractivity contribution is -0.150. The van der Waals surface area contributed by atoms with Crippen LogP contribution in [0.1, 0.15) is 219 Å². The Kier molecular flexibility index (Phi) is 32.6. The molecule has 0 aliphatic heterocycles. The quantitative estimate of drug-likeness (QED) is 0.0607. The molecule has 1 atom stereocenters. The maximum Gasteiger partial charge on any atom is 0.306 e. The van der Waals surface area contributed by atoms with E-state index in [1.54, 1.807) is 0 Å². The summed E-state index contributed by atoms with van der Waals surface area (Å²) >= 11 is 0. The van der Waals surface area contributed by atoms with Gasteiger partial charge in [-0.05, 0) is 32.1 Å². The molecule has 0 rings (SSSR count). The Morgan fingerprint density at radius 3 is 1.15 bits per heavy atom. The Balaban J connectivity index is 3.58. The fraction of sp³-hybridized carbons (Fsp3) is 0.946. The van der Waals surface area contributed by atoms with Crippen LogP contribution >= 0.6 is 0 Å². The molecule has 1 unspecified atom stereocenters. The second kappa shape index (κ2) is 33.4. The molecule has 0 aliphatic rings. The number of carboxylic acid groups (broad SMARTS) is 1. The summed E-state index contributed by atoms with van der Waals surface area (Å²) < 4.78 is 5.90. The highest BCUT2D eigenvalue weighted by molar-refractivity contribution is 5.69. The number of carboxylic acids is 1. The van der Waals surface area contributed by atoms with Crippen LogP contribution in [0.3, 0.4) is 0 Å². The molecule has 0 aromatic rings. The fourth-order valence-corrected chi connectivity index (χ4v) is 5.82. The first-order valence-corrected chi connectivity index (χ1v) is 18.5. The summed E-state index contributed by atoms with van der Waals surface area (Å²) in [6.07, 6.45) is 38.8. The molecule has 0 amide bonds. The van der Waals surface area contributed by atoms with Crippen molar-refractivity contribution in [1.82, 2.24) is 0 Å². The van der Waals surface area contributed by atoms with Gasteiger partial charge in [-0.3, -0.25) is 9.59 Å². The smallest absolute Gasteiger partial charge is 0.306 e. The van der Waals surface area contributed by atoms with Gasteiger partial charge in [-0.15, -0.1) is 0 Å². The van der Waals surface area contributed by atoms with Gasteiger partial charge >= 0.3 is 11.9 Å². The first kappa shape index (κ1) is 39.9. The van der Waals surface area contributed by atoms with Crippen molar-refractivity contribution < 1.29 is 19.4 Å². The number of rotatable bonds is 34. The number of carbonyl (C=O) groups is 2. The van der Waals surface area contributed by atoms with Crippen LogP contribution in [0.4, 0.5) is 0 Å². The standard InChI is InChI=1S/C37H72O4/c1-3-5-7-8-9-10-11-12-13-14-15-16-17-21-24-27-30-34-37(40)41-35(31-6-4-2)32-28-25-22-19-18-20-23-26-29-33-36(38)39/h35H,3-34H2,1-2H3,(H,38,39). The molecule has 0 saturated carbocycles. The molecular weight excluding hydrogens is 508 g/mol. The maximum atomic E-state index is 12.4. The second-order valence-electron chi connectivity index (χ2n) is 12.8. The van der Waals surface area contributed by atoms with Crippen molar-refractivity contribution in [2.75, 3.05) is 0 Å². The van der Waals surface area contributed by atoms with Crippen molar-refractivity contribution >= 4 is 11.9 Å². The molecule has 41 heavy (non-hydrogen) atoms. The molecule has 0 aliphatic carbocycles. The number of esters is 1. The predicted octanol–water partition coefficient (Wildman–Crippen LogP) is 12.5. The van der Waals surface area contributed by atoms with Gasteiger partial charge in [-0.1, -0.05) is 174 Å². The molecule has 4 heteroatoms. The third-order valence-corrected chi connectivity index (χ3v) is 8.58. The summed E-state index contributed by atoms with van der Waals surface area (Å²) in [6.45, 7) is 4.49. The van der Waals surface area contributed by atoms with E-state index < -0.39 is 5.97 Å². The first-order chi connectivity index (χ1) is 20.1. The number of aliphatic carboxylic acids is 1. The number of hydrogen-bond donors (Lipinski definition) is 1. The Morgan fingerprint density at radius 1 is 0.439 bits per heavy atom. The molecule has 1 N–H and O–H groups in total. The van der Waals surface area contributed by atoms with Crippen molar-refractivity contribution in [3.05, 3.63) is 0 Å². The van der Waals surface area contributed by atoms with Gasteiger partial charge in [-0.25, -0.2) is 0 Å². The van der Waals surface area contributed by atoms with Gasteiger partial charge in [0, 0.05) is 12.8 Å². The highest BCUT2D eigenvalue weighted by atomic mass is 16.5. The molecule has 0 saturated heterocycles. The van der Waals surface area contributed by atoms with Gasteiger partial charge in [0.15, 0.2) is 0 Å². The molecule has 0 aromatic carbocycles. The zero-order valence-corrected chi connectivity index (χ0v) is 27.9. The SMILES string of the molecule is CCCCCCCCCCCCCCCCCCCC(=O)OC(CCCC)CCCCCCCCCCCC(=O)O. The number of hydrogen-bond acceptors (Lipinski definition) is 3. The number of carbonyl (C=O) groups excluding carboxylic acids is 1. The Labute approximate surface area is 256 Å². The molecular formula is C37H72O4. The average molecular weight is 581 g/mol. The lowest BCUT2D eigenvalue weighted by Crippen LogP contribution is -2.18. The van der Waals surface area contributed by atoms with E-state index in [1.165, 1.54) is 128 Å². The lowest BCUT2D eigenvalue weighted by Gasteiger charge is -2.18. The van der Waals surface area contributed by atoms with Gasteiger partial charge in [0.2, 0.25) is 0 Å². The zero-order valence-electron chi connectivity index (χ0n) is 27.9. The van der Waals surface area contributed by atoms with Crippen LogP contribution in [0.25, 0.3) is 0 Å². The van der Waals surface area contributed by atoms with Gasteiger partial charge in [0.05, 0.1) is 0 Å². The average Bonchev–Trinajstić information content (AvgIpc) is 2.95. The van der Waals surface area contributed by atoms with E-state index in [0.717, 1.165) is 64.2 Å². The van der Waals surface area contributed by atoms with Crippen LogP contribution in [-0.2, 0) is 14.3 Å². The molecule has 4 nitrogen and oxygen atoms in total. The minimum absolute atomic E-state index is 0.0231. The lowest BCUT2D eigenvalue weighted by atomic mass is 10.0. The third-order valence-electron chi connectivity index (χ3n) is 8.58. The minimum atomic E-state index is -0.677. The van der Waals surface area contributed by atoms with E-state index in [-0.39, 0.29) is 12.1 Å². The summed E-state index contributed by atoms with van der Waals surface area (Å²) in [4.78, 5) is 23.0. The topological polar surface area (TPSA) is 63.6 Å². The highest BCUT2D eigenvalue weighted by Gasteiger charge is 2.14. The number of ether oxygens (including phenoxy) is 1. The Bertz CT molecular complexity index is 547. The van der Waals surface area contributed by atoms with Crippen molar-refractivity contribution in [3.8, 4) is 0 Å². The Hall–Kier alpha value is -1.06. The second-order valence-corrected chi connectivity index (χ2v) is 12.8. The van der Waals surface area contributed by atoms with Crippen molar-refractivity contribution in [2.45, 2.75) is 225 Å². The summed E-state index contributed by atoms with van der Waals surface area (Å²) in [7, 11) is 0. The molecule has 244 valence electrons. The third kappa shape index (κ3) is 33.3.